The van der Waals surface area contributed by atoms with Crippen molar-refractivity contribution in [2.75, 3.05) is 18.8 Å². The summed E-state index contributed by atoms with van der Waals surface area (Å²) in [5.74, 6) is 0.916. The number of amidine groups is 1. The van der Waals surface area contributed by atoms with Crippen molar-refractivity contribution in [2.24, 2.45) is 4.99 Å². The van der Waals surface area contributed by atoms with Gasteiger partial charge in [-0.15, -0.1) is 0 Å². The van der Waals surface area contributed by atoms with Crippen LogP contribution < -0.4 is 10.0 Å². The molecule has 0 bridgehead atoms. The third kappa shape index (κ3) is 6.88. The van der Waals surface area contributed by atoms with Crippen LogP contribution in [0.25, 0.3) is 0 Å². The number of aliphatic imine (C=N–C) groups is 1. The molecule has 0 saturated carbocycles. The maximum atomic E-state index is 13.1. The van der Waals surface area contributed by atoms with Crippen LogP contribution in [0.1, 0.15) is 40.7 Å². The van der Waals surface area contributed by atoms with Crippen molar-refractivity contribution in [2.45, 2.75) is 49.3 Å². The molecular formula is C29H30F3N5OS2. The molecule has 0 unspecified atom stereocenters. The minimum Gasteiger partial charge on any atom is -0.308 e. The summed E-state index contributed by atoms with van der Waals surface area (Å²) in [6.07, 6.45) is 1.18. The van der Waals surface area contributed by atoms with Crippen molar-refractivity contribution in [3.63, 3.8) is 0 Å². The number of aromatic nitrogens is 1. The van der Waals surface area contributed by atoms with Crippen molar-refractivity contribution >= 4 is 35.6 Å². The number of alkyl halides is 3. The number of carbonyl (C=O) groups excluding carboxylic acids is 1. The predicted octanol–water partition coefficient (Wildman–Crippen LogP) is 5.81. The van der Waals surface area contributed by atoms with E-state index in [9.17, 15) is 18.0 Å². The van der Waals surface area contributed by atoms with Gasteiger partial charge < -0.3 is 5.32 Å². The van der Waals surface area contributed by atoms with E-state index in [1.165, 1.54) is 22.1 Å². The van der Waals surface area contributed by atoms with Crippen LogP contribution in [-0.4, -0.2) is 45.4 Å². The number of nitrogens with one attached hydrogen (secondary N) is 2. The van der Waals surface area contributed by atoms with Crippen LogP contribution in [-0.2, 0) is 23.9 Å². The van der Waals surface area contributed by atoms with E-state index >= 15 is 0 Å². The standard InChI is InChI=1S/C29H30F3N5OS2/c1-20-16-25(40-34-19-21-4-3-12-33-18-21)8-7-22(20)9-15-39-37-13-10-28(11-14-37)27(38)35-26(36-28)23-5-2-6-24(17-23)29(30,31)32/h2-8,12,16-18,34H,9-11,13-15,19H2,1H3,(H,35,36,38). The van der Waals surface area contributed by atoms with Gasteiger partial charge in [0.05, 0.1) is 5.56 Å². The summed E-state index contributed by atoms with van der Waals surface area (Å²) in [5.41, 5.74) is 2.32. The van der Waals surface area contributed by atoms with Gasteiger partial charge in [0, 0.05) is 48.2 Å². The number of benzene rings is 2. The third-order valence-corrected chi connectivity index (χ3v) is 9.04. The number of rotatable bonds is 9. The highest BCUT2D eigenvalue weighted by Crippen LogP contribution is 2.35. The van der Waals surface area contributed by atoms with Crippen molar-refractivity contribution < 1.29 is 18.0 Å². The number of halogens is 3. The number of carbonyl (C=O) groups is 1. The van der Waals surface area contributed by atoms with Gasteiger partial charge in [-0.25, -0.2) is 0 Å². The molecule has 1 aromatic heterocycles. The predicted molar refractivity (Wildman–Crippen MR) is 154 cm³/mol. The quantitative estimate of drug-likeness (QED) is 0.309. The van der Waals surface area contributed by atoms with E-state index in [4.69, 9.17) is 0 Å². The van der Waals surface area contributed by atoms with Crippen LogP contribution in [0.3, 0.4) is 0 Å². The molecule has 1 saturated heterocycles. The Morgan fingerprint density at radius 2 is 1.93 bits per heavy atom. The van der Waals surface area contributed by atoms with E-state index in [1.54, 1.807) is 36.2 Å². The molecule has 2 aliphatic rings. The first kappa shape index (κ1) is 28.7. The fourth-order valence-electron chi connectivity index (χ4n) is 4.82. The van der Waals surface area contributed by atoms with Gasteiger partial charge in [-0.3, -0.25) is 23.8 Å². The minimum absolute atomic E-state index is 0.224. The molecule has 2 N–H and O–H groups in total. The van der Waals surface area contributed by atoms with E-state index in [-0.39, 0.29) is 17.3 Å². The normalized spacial score (nSPS) is 17.2. The SMILES string of the molecule is Cc1cc(SNCc2cccnc2)ccc1CCSN1CCC2(CC1)N=C(c1cccc(C(F)(F)F)c1)NC2=O. The zero-order valence-corrected chi connectivity index (χ0v) is 23.6. The van der Waals surface area contributed by atoms with Crippen LogP contribution >= 0.6 is 23.9 Å². The van der Waals surface area contributed by atoms with Gasteiger partial charge in [-0.2, -0.15) is 13.2 Å². The minimum atomic E-state index is -4.45. The van der Waals surface area contributed by atoms with E-state index in [2.05, 4.69) is 49.4 Å². The van der Waals surface area contributed by atoms with Crippen molar-refractivity contribution in [1.82, 2.24) is 19.3 Å². The summed E-state index contributed by atoms with van der Waals surface area (Å²) in [5, 5.41) is 2.73. The van der Waals surface area contributed by atoms with E-state index in [0.29, 0.717) is 25.9 Å². The second-order valence-corrected chi connectivity index (χ2v) is 12.1. The second-order valence-electron chi connectivity index (χ2n) is 9.91. The smallest absolute Gasteiger partial charge is 0.308 e. The highest BCUT2D eigenvalue weighted by Gasteiger charge is 2.46. The largest absolute Gasteiger partial charge is 0.416 e. The van der Waals surface area contributed by atoms with Crippen LogP contribution in [0.15, 0.2) is 76.9 Å². The maximum Gasteiger partial charge on any atom is 0.416 e. The molecule has 2 aromatic carbocycles. The topological polar surface area (TPSA) is 69.6 Å². The third-order valence-electron chi connectivity index (χ3n) is 7.14. The highest BCUT2D eigenvalue weighted by atomic mass is 32.2. The molecule has 6 nitrogen and oxygen atoms in total. The lowest BCUT2D eigenvalue weighted by Crippen LogP contribution is -2.47. The number of pyridine rings is 1. The van der Waals surface area contributed by atoms with Crippen LogP contribution in [0.5, 0.6) is 0 Å². The fourth-order valence-corrected chi connectivity index (χ4v) is 6.61. The molecule has 0 atom stereocenters. The Hall–Kier alpha value is -2.86. The molecular weight excluding hydrogens is 555 g/mol. The average Bonchev–Trinajstić information content (AvgIpc) is 3.26. The van der Waals surface area contributed by atoms with Crippen LogP contribution in [0.4, 0.5) is 13.2 Å². The number of hydrogen-bond acceptors (Lipinski definition) is 7. The highest BCUT2D eigenvalue weighted by molar-refractivity contribution is 7.97. The number of piperidine rings is 1. The second kappa shape index (κ2) is 12.3. The van der Waals surface area contributed by atoms with Crippen molar-refractivity contribution in [3.8, 4) is 0 Å². The van der Waals surface area contributed by atoms with Gasteiger partial charge in [-0.1, -0.05) is 36.2 Å². The summed E-state index contributed by atoms with van der Waals surface area (Å²) < 4.78 is 45.0. The Balaban J connectivity index is 1.09. The average molecular weight is 586 g/mol. The van der Waals surface area contributed by atoms with Crippen molar-refractivity contribution in [3.05, 3.63) is 94.8 Å². The van der Waals surface area contributed by atoms with E-state index in [0.717, 1.165) is 36.4 Å². The van der Waals surface area contributed by atoms with Gasteiger partial charge in [0.2, 0.25) is 0 Å². The summed E-state index contributed by atoms with van der Waals surface area (Å²) >= 11 is 3.38. The summed E-state index contributed by atoms with van der Waals surface area (Å²) in [4.78, 5) is 22.8. The lowest BCUT2D eigenvalue weighted by atomic mass is 9.89. The first-order valence-electron chi connectivity index (χ1n) is 13.1. The molecule has 1 amide bonds. The zero-order chi connectivity index (χ0) is 28.2. The number of nitrogens with zero attached hydrogens (tertiary/aromatic N) is 3. The van der Waals surface area contributed by atoms with Gasteiger partial charge >= 0.3 is 6.18 Å². The monoisotopic (exact) mass is 585 g/mol. The fraction of sp³-hybridized carbons (Fsp3) is 0.345. The molecule has 0 aliphatic carbocycles. The molecule has 3 aromatic rings. The molecule has 40 heavy (non-hydrogen) atoms. The number of amides is 1. The number of hydrogen-bond donors (Lipinski definition) is 2. The Labute approximate surface area is 240 Å². The van der Waals surface area contributed by atoms with Gasteiger partial charge in [0.15, 0.2) is 0 Å². The Kier molecular flexibility index (Phi) is 8.84. The molecule has 1 spiro atoms. The molecule has 210 valence electrons. The molecule has 0 radical (unpaired) electrons. The lowest BCUT2D eigenvalue weighted by molar-refractivity contribution is -0.137. The van der Waals surface area contributed by atoms with Gasteiger partial charge in [0.25, 0.3) is 5.91 Å². The number of aryl methyl sites for hydroxylation is 2. The summed E-state index contributed by atoms with van der Waals surface area (Å²) in [6, 6.07) is 15.4. The van der Waals surface area contributed by atoms with E-state index in [1.807, 2.05) is 18.3 Å². The van der Waals surface area contributed by atoms with Gasteiger partial charge in [0.1, 0.15) is 11.4 Å². The molecule has 3 heterocycles. The zero-order valence-electron chi connectivity index (χ0n) is 22.0. The Bertz CT molecular complexity index is 1380. The van der Waals surface area contributed by atoms with Crippen LogP contribution in [0.2, 0.25) is 0 Å². The molecule has 1 fully saturated rings. The maximum absolute atomic E-state index is 13.1. The van der Waals surface area contributed by atoms with Gasteiger partial charge in [-0.05, 0) is 85.2 Å². The van der Waals surface area contributed by atoms with Crippen molar-refractivity contribution in [1.29, 1.82) is 0 Å². The first-order valence-corrected chi connectivity index (χ1v) is 14.8. The van der Waals surface area contributed by atoms with Crippen LogP contribution in [0, 0.1) is 6.92 Å². The molecule has 5 rings (SSSR count). The Morgan fingerprint density at radius 3 is 2.65 bits per heavy atom. The Morgan fingerprint density at radius 1 is 1.10 bits per heavy atom. The van der Waals surface area contributed by atoms with E-state index < -0.39 is 17.3 Å². The summed E-state index contributed by atoms with van der Waals surface area (Å²) in [6.45, 7) is 4.25. The molecule has 2 aliphatic heterocycles. The molecule has 11 heteroatoms. The lowest BCUT2D eigenvalue weighted by Gasteiger charge is -2.34. The first-order chi connectivity index (χ1) is 19.2. The summed E-state index contributed by atoms with van der Waals surface area (Å²) in [7, 11) is 0.